The van der Waals surface area contributed by atoms with Gasteiger partial charge in [-0.1, -0.05) is 48.2 Å². The number of hydrogen-bond donors (Lipinski definition) is 2. The van der Waals surface area contributed by atoms with Crippen LogP contribution in [-0.4, -0.2) is 36.1 Å². The number of sulfonamides is 2. The van der Waals surface area contributed by atoms with Crippen molar-refractivity contribution in [1.29, 1.82) is 0 Å². The van der Waals surface area contributed by atoms with Crippen LogP contribution in [0.25, 0.3) is 10.8 Å². The van der Waals surface area contributed by atoms with Gasteiger partial charge in [-0.25, -0.2) is 21.6 Å². The maximum atomic E-state index is 13.4. The largest absolute Gasteiger partial charge is 0.496 e. The number of nitrogens with one attached hydrogen (secondary N) is 2. The second-order valence-electron chi connectivity index (χ2n) is 7.99. The summed E-state index contributed by atoms with van der Waals surface area (Å²) in [6.07, 6.45) is 0.896. The number of para-hydroxylation sites is 1. The van der Waals surface area contributed by atoms with Crippen molar-refractivity contribution in [2.24, 2.45) is 0 Å². The summed E-state index contributed by atoms with van der Waals surface area (Å²) in [5, 5.41) is 1.20. The summed E-state index contributed by atoms with van der Waals surface area (Å²) < 4.78 is 59.1. The molecule has 188 valence electrons. The van der Waals surface area contributed by atoms with E-state index < -0.39 is 26.0 Å². The number of fused-ring (bicyclic) bond motifs is 1. The van der Waals surface area contributed by atoms with Gasteiger partial charge in [-0.2, -0.15) is 0 Å². The molecule has 0 radical (unpaired) electrons. The first-order valence-electron chi connectivity index (χ1n) is 10.9. The second-order valence-corrected chi connectivity index (χ2v) is 11.4. The van der Waals surface area contributed by atoms with E-state index in [2.05, 4.69) is 16.6 Å². The number of ether oxygens (including phenoxy) is 1. The number of methoxy groups -OCH3 is 1. The molecule has 0 bridgehead atoms. The van der Waals surface area contributed by atoms with Crippen LogP contribution >= 0.6 is 0 Å². The maximum Gasteiger partial charge on any atom is 0.264 e. The third-order valence-electron chi connectivity index (χ3n) is 5.29. The molecule has 0 unspecified atom stereocenters. The Labute approximate surface area is 215 Å². The molecule has 0 aliphatic carbocycles. The van der Waals surface area contributed by atoms with E-state index >= 15 is 0 Å². The Kier molecular flexibility index (Phi) is 7.20. The monoisotopic (exact) mass is 534 g/mol. The van der Waals surface area contributed by atoms with Crippen LogP contribution in [0.4, 0.5) is 5.69 Å². The van der Waals surface area contributed by atoms with Crippen molar-refractivity contribution in [2.45, 2.75) is 4.90 Å². The second kappa shape index (κ2) is 10.3. The van der Waals surface area contributed by atoms with E-state index in [1.165, 1.54) is 25.3 Å². The number of anilines is 1. The molecule has 0 aliphatic rings. The lowest BCUT2D eigenvalue weighted by atomic mass is 10.1. The van der Waals surface area contributed by atoms with Gasteiger partial charge in [-0.15, -0.1) is 0 Å². The van der Waals surface area contributed by atoms with Crippen LogP contribution < -0.4 is 14.2 Å². The molecule has 4 aromatic rings. The fourth-order valence-electron chi connectivity index (χ4n) is 3.61. The lowest BCUT2D eigenvalue weighted by Gasteiger charge is -2.13. The van der Waals surface area contributed by atoms with Crippen molar-refractivity contribution < 1.29 is 26.4 Å². The number of amides is 1. The van der Waals surface area contributed by atoms with Crippen molar-refractivity contribution in [1.82, 2.24) is 4.72 Å². The maximum absolute atomic E-state index is 13.4. The molecule has 0 saturated heterocycles. The lowest BCUT2D eigenvalue weighted by Crippen LogP contribution is -2.29. The van der Waals surface area contributed by atoms with Crippen LogP contribution in [0.3, 0.4) is 0 Å². The molecule has 0 aliphatic heterocycles. The van der Waals surface area contributed by atoms with Crippen LogP contribution in [0.1, 0.15) is 21.5 Å². The highest BCUT2D eigenvalue weighted by molar-refractivity contribution is 7.93. The Morgan fingerprint density at radius 3 is 2.11 bits per heavy atom. The SMILES string of the molecule is COc1ccc(S(=O)(=O)Nc2ccccc2C#Cc2ccc(C(=O)NS(C)(=O)=O)cc2)c2ccccc12. The zero-order chi connectivity index (χ0) is 26.6. The normalized spacial score (nSPS) is 11.3. The average molecular weight is 535 g/mol. The lowest BCUT2D eigenvalue weighted by molar-refractivity contribution is 0.0981. The van der Waals surface area contributed by atoms with Gasteiger partial charge in [-0.05, 0) is 48.5 Å². The Morgan fingerprint density at radius 2 is 1.43 bits per heavy atom. The third-order valence-corrected chi connectivity index (χ3v) is 7.27. The highest BCUT2D eigenvalue weighted by atomic mass is 32.2. The van der Waals surface area contributed by atoms with Gasteiger partial charge in [0.1, 0.15) is 5.75 Å². The number of carbonyl (C=O) groups excluding carboxylic acids is 1. The summed E-state index contributed by atoms with van der Waals surface area (Å²) in [5.41, 5.74) is 1.47. The van der Waals surface area contributed by atoms with Crippen molar-refractivity contribution in [3.05, 3.63) is 102 Å². The zero-order valence-corrected chi connectivity index (χ0v) is 21.5. The van der Waals surface area contributed by atoms with Crippen LogP contribution in [0.2, 0.25) is 0 Å². The van der Waals surface area contributed by atoms with E-state index in [9.17, 15) is 21.6 Å². The fourth-order valence-corrected chi connectivity index (χ4v) is 5.36. The van der Waals surface area contributed by atoms with Gasteiger partial charge in [0.25, 0.3) is 15.9 Å². The molecule has 0 atom stereocenters. The molecule has 0 saturated carbocycles. The van der Waals surface area contributed by atoms with Crippen LogP contribution in [-0.2, 0) is 20.0 Å². The smallest absolute Gasteiger partial charge is 0.264 e. The Balaban J connectivity index is 1.62. The minimum Gasteiger partial charge on any atom is -0.496 e. The molecule has 8 nitrogen and oxygen atoms in total. The number of benzene rings is 4. The first-order valence-corrected chi connectivity index (χ1v) is 14.3. The van der Waals surface area contributed by atoms with Gasteiger partial charge in [-0.3, -0.25) is 9.52 Å². The molecule has 0 fully saturated rings. The van der Waals surface area contributed by atoms with Gasteiger partial charge < -0.3 is 4.74 Å². The zero-order valence-electron chi connectivity index (χ0n) is 19.8. The van der Waals surface area contributed by atoms with E-state index in [0.717, 1.165) is 6.26 Å². The molecule has 4 rings (SSSR count). The number of hydrogen-bond acceptors (Lipinski definition) is 6. The summed E-state index contributed by atoms with van der Waals surface area (Å²) in [4.78, 5) is 12.1. The van der Waals surface area contributed by atoms with Crippen molar-refractivity contribution >= 4 is 42.4 Å². The van der Waals surface area contributed by atoms with E-state index in [1.54, 1.807) is 60.7 Å². The number of rotatable bonds is 6. The van der Waals surface area contributed by atoms with Crippen LogP contribution in [0.15, 0.2) is 89.8 Å². The predicted octanol–water partition coefficient (Wildman–Crippen LogP) is 3.74. The molecular weight excluding hydrogens is 512 g/mol. The van der Waals surface area contributed by atoms with Gasteiger partial charge in [0.15, 0.2) is 0 Å². The summed E-state index contributed by atoms with van der Waals surface area (Å²) in [7, 11) is -6.11. The molecule has 0 aromatic heterocycles. The minimum atomic E-state index is -3.97. The first kappa shape index (κ1) is 25.8. The predicted molar refractivity (Wildman–Crippen MR) is 142 cm³/mol. The summed E-state index contributed by atoms with van der Waals surface area (Å²) in [5.74, 6) is 5.71. The summed E-state index contributed by atoms with van der Waals surface area (Å²) in [6, 6.07) is 23.0. The van der Waals surface area contributed by atoms with Crippen molar-refractivity contribution in [2.75, 3.05) is 18.1 Å². The molecule has 1 amide bonds. The molecule has 4 aromatic carbocycles. The van der Waals surface area contributed by atoms with E-state index in [-0.39, 0.29) is 10.5 Å². The standard InChI is InChI=1S/C27H22N2O6S2/c1-35-25-17-18-26(23-9-5-4-8-22(23)25)37(33,34)28-24-10-6-3-7-20(24)14-11-19-12-15-21(16-13-19)27(30)29-36(2,31)32/h3-10,12-13,15-18,28H,1-2H3,(H,29,30). The Hall–Kier alpha value is -4.33. The summed E-state index contributed by atoms with van der Waals surface area (Å²) >= 11 is 0. The Bertz CT molecular complexity index is 1770. The van der Waals surface area contributed by atoms with Gasteiger partial charge >= 0.3 is 0 Å². The van der Waals surface area contributed by atoms with Crippen LogP contribution in [0, 0.1) is 11.8 Å². The highest BCUT2D eigenvalue weighted by Crippen LogP contribution is 2.32. The molecule has 10 heteroatoms. The molecule has 37 heavy (non-hydrogen) atoms. The van der Waals surface area contributed by atoms with Crippen molar-refractivity contribution in [3.63, 3.8) is 0 Å². The Morgan fingerprint density at radius 1 is 0.784 bits per heavy atom. The molecule has 0 spiro atoms. The minimum absolute atomic E-state index is 0.106. The van der Waals surface area contributed by atoms with Gasteiger partial charge in [0, 0.05) is 27.5 Å². The molecular formula is C27H22N2O6S2. The quantitative estimate of drug-likeness (QED) is 0.364. The number of carbonyl (C=O) groups is 1. The van der Waals surface area contributed by atoms with Gasteiger partial charge in [0.05, 0.1) is 23.9 Å². The van der Waals surface area contributed by atoms with E-state index in [4.69, 9.17) is 4.74 Å². The van der Waals surface area contributed by atoms with E-state index in [0.29, 0.717) is 33.3 Å². The third kappa shape index (κ3) is 6.09. The van der Waals surface area contributed by atoms with E-state index in [1.807, 2.05) is 10.8 Å². The first-order chi connectivity index (χ1) is 17.6. The van der Waals surface area contributed by atoms with Crippen molar-refractivity contribution in [3.8, 4) is 17.6 Å². The molecule has 2 N–H and O–H groups in total. The summed E-state index contributed by atoms with van der Waals surface area (Å²) in [6.45, 7) is 0. The van der Waals surface area contributed by atoms with Crippen LogP contribution in [0.5, 0.6) is 5.75 Å². The molecule has 0 heterocycles. The topological polar surface area (TPSA) is 119 Å². The highest BCUT2D eigenvalue weighted by Gasteiger charge is 2.20. The average Bonchev–Trinajstić information content (AvgIpc) is 2.86. The fraction of sp³-hybridized carbons (Fsp3) is 0.0741. The van der Waals surface area contributed by atoms with Gasteiger partial charge in [0.2, 0.25) is 10.0 Å².